The highest BCUT2D eigenvalue weighted by molar-refractivity contribution is 7.98. The first-order valence-corrected chi connectivity index (χ1v) is 7.01. The summed E-state index contributed by atoms with van der Waals surface area (Å²) in [7, 11) is 1.92. The molecule has 0 bridgehead atoms. The third kappa shape index (κ3) is 2.88. The summed E-state index contributed by atoms with van der Waals surface area (Å²) in [6.07, 6.45) is 4.01. The van der Waals surface area contributed by atoms with Gasteiger partial charge in [-0.3, -0.25) is 4.79 Å². The lowest BCUT2D eigenvalue weighted by atomic mass is 9.83. The summed E-state index contributed by atoms with van der Waals surface area (Å²) in [5, 5.41) is 3.30. The van der Waals surface area contributed by atoms with E-state index in [2.05, 4.69) is 18.5 Å². The van der Waals surface area contributed by atoms with Crippen molar-refractivity contribution in [3.8, 4) is 0 Å². The largest absolute Gasteiger partial charge is 0.344 e. The van der Waals surface area contributed by atoms with Crippen molar-refractivity contribution in [2.24, 2.45) is 5.41 Å². The number of amides is 1. The molecule has 0 spiro atoms. The second-order valence-electron chi connectivity index (χ2n) is 4.28. The Morgan fingerprint density at radius 2 is 2.33 bits per heavy atom. The van der Waals surface area contributed by atoms with Gasteiger partial charge in [-0.1, -0.05) is 6.92 Å². The number of nitrogens with zero attached hydrogens (tertiary/aromatic N) is 1. The van der Waals surface area contributed by atoms with Gasteiger partial charge in [0, 0.05) is 25.9 Å². The van der Waals surface area contributed by atoms with Gasteiger partial charge in [-0.25, -0.2) is 0 Å². The molecule has 1 rings (SSSR count). The van der Waals surface area contributed by atoms with E-state index in [4.69, 9.17) is 0 Å². The summed E-state index contributed by atoms with van der Waals surface area (Å²) in [6, 6.07) is 0. The lowest BCUT2D eigenvalue weighted by molar-refractivity contribution is -0.139. The Hall–Kier alpha value is -0.220. The fourth-order valence-corrected chi connectivity index (χ4v) is 2.57. The van der Waals surface area contributed by atoms with Crippen molar-refractivity contribution >= 4 is 17.7 Å². The van der Waals surface area contributed by atoms with Crippen LogP contribution in [0.15, 0.2) is 0 Å². The first kappa shape index (κ1) is 12.8. The van der Waals surface area contributed by atoms with Crippen LogP contribution in [0.25, 0.3) is 0 Å². The van der Waals surface area contributed by atoms with E-state index in [1.165, 1.54) is 0 Å². The zero-order chi connectivity index (χ0) is 11.3. The minimum atomic E-state index is -0.118. The topological polar surface area (TPSA) is 32.3 Å². The Balaban J connectivity index is 2.56. The smallest absolute Gasteiger partial charge is 0.229 e. The SMILES string of the molecule is CCC1(C(=O)N(C)CCSC)CCNC1. The Kier molecular flexibility index (Phi) is 4.93. The van der Waals surface area contributed by atoms with E-state index in [1.54, 1.807) is 11.8 Å². The Morgan fingerprint density at radius 3 is 2.80 bits per heavy atom. The molecule has 0 aromatic heterocycles. The molecule has 0 saturated carbocycles. The van der Waals surface area contributed by atoms with Crippen molar-refractivity contribution in [3.05, 3.63) is 0 Å². The highest BCUT2D eigenvalue weighted by Crippen LogP contribution is 2.31. The van der Waals surface area contributed by atoms with E-state index in [0.29, 0.717) is 5.91 Å². The van der Waals surface area contributed by atoms with E-state index in [0.717, 1.165) is 38.2 Å². The van der Waals surface area contributed by atoms with Gasteiger partial charge in [0.25, 0.3) is 0 Å². The van der Waals surface area contributed by atoms with E-state index in [1.807, 2.05) is 11.9 Å². The van der Waals surface area contributed by atoms with Crippen LogP contribution in [-0.2, 0) is 4.79 Å². The molecule has 1 N–H and O–H groups in total. The third-order valence-corrected chi connectivity index (χ3v) is 3.94. The van der Waals surface area contributed by atoms with E-state index in [9.17, 15) is 4.79 Å². The summed E-state index contributed by atoms with van der Waals surface area (Å²) in [5.74, 6) is 1.35. The molecule has 0 aliphatic carbocycles. The van der Waals surface area contributed by atoms with Crippen LogP contribution in [0.2, 0.25) is 0 Å². The molecule has 1 heterocycles. The molecular weight excluding hydrogens is 208 g/mol. The number of carbonyl (C=O) groups excluding carboxylic acids is 1. The number of thioether (sulfide) groups is 1. The lowest BCUT2D eigenvalue weighted by Crippen LogP contribution is -2.44. The molecule has 0 aromatic rings. The van der Waals surface area contributed by atoms with Gasteiger partial charge in [-0.2, -0.15) is 11.8 Å². The fraction of sp³-hybridized carbons (Fsp3) is 0.909. The summed E-state index contributed by atoms with van der Waals surface area (Å²) < 4.78 is 0. The first-order chi connectivity index (χ1) is 7.16. The number of rotatable bonds is 5. The molecule has 1 amide bonds. The Bertz CT molecular complexity index is 215. The molecule has 1 saturated heterocycles. The molecular formula is C11H22N2OS. The zero-order valence-corrected chi connectivity index (χ0v) is 10.8. The molecule has 0 radical (unpaired) electrons. The van der Waals surface area contributed by atoms with Crippen molar-refractivity contribution in [2.45, 2.75) is 19.8 Å². The number of nitrogens with one attached hydrogen (secondary N) is 1. The van der Waals surface area contributed by atoms with Crippen molar-refractivity contribution in [1.82, 2.24) is 10.2 Å². The van der Waals surface area contributed by atoms with Gasteiger partial charge < -0.3 is 10.2 Å². The maximum Gasteiger partial charge on any atom is 0.229 e. The van der Waals surface area contributed by atoms with Crippen LogP contribution in [0.5, 0.6) is 0 Å². The zero-order valence-electron chi connectivity index (χ0n) is 10.0. The van der Waals surface area contributed by atoms with Crippen molar-refractivity contribution < 1.29 is 4.79 Å². The number of hydrogen-bond acceptors (Lipinski definition) is 3. The third-order valence-electron chi connectivity index (χ3n) is 3.35. The maximum atomic E-state index is 12.3. The molecule has 1 unspecified atom stereocenters. The summed E-state index contributed by atoms with van der Waals surface area (Å²) in [6.45, 7) is 4.82. The van der Waals surface area contributed by atoms with E-state index >= 15 is 0 Å². The first-order valence-electron chi connectivity index (χ1n) is 5.61. The minimum absolute atomic E-state index is 0.118. The molecule has 1 aliphatic heterocycles. The van der Waals surface area contributed by atoms with Crippen LogP contribution in [0.4, 0.5) is 0 Å². The van der Waals surface area contributed by atoms with Crippen molar-refractivity contribution in [1.29, 1.82) is 0 Å². The average molecular weight is 230 g/mol. The lowest BCUT2D eigenvalue weighted by Gasteiger charge is -2.30. The van der Waals surface area contributed by atoms with Crippen LogP contribution in [0, 0.1) is 5.41 Å². The highest BCUT2D eigenvalue weighted by Gasteiger charge is 2.40. The molecule has 4 heteroatoms. The van der Waals surface area contributed by atoms with Crippen LogP contribution >= 0.6 is 11.8 Å². The van der Waals surface area contributed by atoms with E-state index in [-0.39, 0.29) is 5.41 Å². The molecule has 0 aromatic carbocycles. The standard InChI is InChI=1S/C11H22N2OS/c1-4-11(5-6-12-9-11)10(14)13(2)7-8-15-3/h12H,4-9H2,1-3H3. The minimum Gasteiger partial charge on any atom is -0.344 e. The second-order valence-corrected chi connectivity index (χ2v) is 5.27. The maximum absolute atomic E-state index is 12.3. The van der Waals surface area contributed by atoms with Crippen molar-refractivity contribution in [3.63, 3.8) is 0 Å². The molecule has 15 heavy (non-hydrogen) atoms. The second kappa shape index (κ2) is 5.75. The van der Waals surface area contributed by atoms with E-state index < -0.39 is 0 Å². The Morgan fingerprint density at radius 1 is 1.60 bits per heavy atom. The van der Waals surface area contributed by atoms with Crippen molar-refractivity contribution in [2.75, 3.05) is 38.7 Å². The highest BCUT2D eigenvalue weighted by atomic mass is 32.2. The van der Waals surface area contributed by atoms with Crippen LogP contribution in [0.1, 0.15) is 19.8 Å². The fourth-order valence-electron chi connectivity index (χ4n) is 2.11. The molecule has 1 aliphatic rings. The molecule has 1 fully saturated rings. The molecule has 1 atom stereocenters. The van der Waals surface area contributed by atoms with Gasteiger partial charge in [-0.05, 0) is 25.6 Å². The molecule has 88 valence electrons. The quantitative estimate of drug-likeness (QED) is 0.770. The predicted octanol–water partition coefficient (Wildman–Crippen LogP) is 1.20. The number of carbonyl (C=O) groups is 1. The van der Waals surface area contributed by atoms with Crippen LogP contribution in [0.3, 0.4) is 0 Å². The van der Waals surface area contributed by atoms with Gasteiger partial charge in [0.2, 0.25) is 5.91 Å². The average Bonchev–Trinajstić information content (AvgIpc) is 2.74. The predicted molar refractivity (Wildman–Crippen MR) is 66.2 cm³/mol. The van der Waals surface area contributed by atoms with Gasteiger partial charge in [0.15, 0.2) is 0 Å². The van der Waals surface area contributed by atoms with Crippen LogP contribution < -0.4 is 5.32 Å². The van der Waals surface area contributed by atoms with Crippen LogP contribution in [-0.4, -0.2) is 49.5 Å². The summed E-state index contributed by atoms with van der Waals surface area (Å²) in [4.78, 5) is 14.2. The molecule has 3 nitrogen and oxygen atoms in total. The number of hydrogen-bond donors (Lipinski definition) is 1. The monoisotopic (exact) mass is 230 g/mol. The summed E-state index contributed by atoms with van der Waals surface area (Å²) in [5.41, 5.74) is -0.118. The Labute approximate surface area is 97.0 Å². The van der Waals surface area contributed by atoms with Gasteiger partial charge in [0.1, 0.15) is 0 Å². The summed E-state index contributed by atoms with van der Waals surface area (Å²) >= 11 is 1.79. The van der Waals surface area contributed by atoms with Gasteiger partial charge in [0.05, 0.1) is 5.41 Å². The van der Waals surface area contributed by atoms with Gasteiger partial charge in [-0.15, -0.1) is 0 Å². The normalized spacial score (nSPS) is 25.5. The van der Waals surface area contributed by atoms with Gasteiger partial charge >= 0.3 is 0 Å².